The van der Waals surface area contributed by atoms with Crippen LogP contribution < -0.4 is 0 Å². The molecule has 0 bridgehead atoms. The number of aliphatic hydroxyl groups excluding tert-OH is 1. The minimum Gasteiger partial charge on any atom is -0.386 e. The summed E-state index contributed by atoms with van der Waals surface area (Å²) in [5.41, 5.74) is 3.70. The Morgan fingerprint density at radius 3 is 2.30 bits per heavy atom. The molecule has 1 aliphatic carbocycles. The number of aromatic nitrogens is 1. The second-order valence-corrected chi connectivity index (χ2v) is 8.26. The van der Waals surface area contributed by atoms with Crippen LogP contribution in [0.3, 0.4) is 0 Å². The van der Waals surface area contributed by atoms with Crippen LogP contribution in [0.15, 0.2) is 90.5 Å². The molecule has 1 unspecified atom stereocenters. The molecule has 1 aromatic heterocycles. The topological polar surface area (TPSA) is 59.3 Å². The van der Waals surface area contributed by atoms with Crippen LogP contribution in [0.5, 0.6) is 0 Å². The van der Waals surface area contributed by atoms with E-state index in [1.165, 1.54) is 10.2 Å². The highest BCUT2D eigenvalue weighted by molar-refractivity contribution is 7.90. The third-order valence-electron chi connectivity index (χ3n) is 4.79. The second kappa shape index (κ2) is 6.68. The average Bonchev–Trinajstić information content (AvgIpc) is 3.16. The number of benzene rings is 2. The van der Waals surface area contributed by atoms with Crippen LogP contribution in [-0.2, 0) is 10.0 Å². The Hall–Kier alpha value is -2.89. The fourth-order valence-electron chi connectivity index (χ4n) is 3.43. The van der Waals surface area contributed by atoms with Gasteiger partial charge >= 0.3 is 0 Å². The fraction of sp³-hybridized carbons (Fsp3) is 0.0909. The number of hydrogen-bond acceptors (Lipinski definition) is 3. The smallest absolute Gasteiger partial charge is 0.267 e. The minimum atomic E-state index is -3.78. The zero-order valence-corrected chi connectivity index (χ0v) is 15.4. The van der Waals surface area contributed by atoms with E-state index in [2.05, 4.69) is 6.58 Å². The molecule has 0 fully saturated rings. The van der Waals surface area contributed by atoms with Crippen LogP contribution in [0.25, 0.3) is 11.1 Å². The molecular weight excluding hydrogens is 358 g/mol. The number of rotatable bonds is 4. The molecule has 136 valence electrons. The van der Waals surface area contributed by atoms with Gasteiger partial charge in [0.25, 0.3) is 10.0 Å². The summed E-state index contributed by atoms with van der Waals surface area (Å²) in [7, 11) is -3.78. The van der Waals surface area contributed by atoms with Gasteiger partial charge in [-0.2, -0.15) is 0 Å². The van der Waals surface area contributed by atoms with E-state index in [0.29, 0.717) is 17.7 Å². The Labute approximate surface area is 158 Å². The number of fused-ring (bicyclic) bond motifs is 1. The molecule has 3 aromatic rings. The van der Waals surface area contributed by atoms with Crippen molar-refractivity contribution in [3.05, 3.63) is 102 Å². The molecule has 0 saturated heterocycles. The molecule has 1 N–H and O–H groups in total. The molecular formula is C22H19NO3S. The van der Waals surface area contributed by atoms with Crippen molar-refractivity contribution in [3.63, 3.8) is 0 Å². The van der Waals surface area contributed by atoms with E-state index >= 15 is 0 Å². The first kappa shape index (κ1) is 17.5. The predicted octanol–water partition coefficient (Wildman–Crippen LogP) is 4.26. The molecule has 1 aliphatic rings. The van der Waals surface area contributed by atoms with Gasteiger partial charge in [0, 0.05) is 11.8 Å². The van der Waals surface area contributed by atoms with Crippen LogP contribution in [-0.4, -0.2) is 17.5 Å². The first-order valence-electron chi connectivity index (χ1n) is 8.65. The summed E-state index contributed by atoms with van der Waals surface area (Å²) in [5.74, 6) is 0. The summed E-state index contributed by atoms with van der Waals surface area (Å²) in [4.78, 5) is 0.189. The number of hydrogen-bond donors (Lipinski definition) is 1. The highest BCUT2D eigenvalue weighted by Gasteiger charge is 2.30. The predicted molar refractivity (Wildman–Crippen MR) is 106 cm³/mol. The van der Waals surface area contributed by atoms with E-state index in [9.17, 15) is 13.5 Å². The Morgan fingerprint density at radius 2 is 1.63 bits per heavy atom. The maximum absolute atomic E-state index is 13.1. The lowest BCUT2D eigenvalue weighted by Crippen LogP contribution is -2.19. The van der Waals surface area contributed by atoms with Gasteiger partial charge in [0.15, 0.2) is 0 Å². The molecule has 0 aliphatic heterocycles. The third-order valence-corrected chi connectivity index (χ3v) is 6.49. The molecule has 0 spiro atoms. The fourth-order valence-corrected chi connectivity index (χ4v) is 4.86. The first-order valence-corrected chi connectivity index (χ1v) is 10.1. The van der Waals surface area contributed by atoms with Gasteiger partial charge in [0.2, 0.25) is 0 Å². The van der Waals surface area contributed by atoms with Crippen molar-refractivity contribution in [2.24, 2.45) is 0 Å². The minimum absolute atomic E-state index is 0.189. The van der Waals surface area contributed by atoms with E-state index in [1.54, 1.807) is 36.4 Å². The molecule has 2 aromatic carbocycles. The summed E-state index contributed by atoms with van der Waals surface area (Å²) >= 11 is 0. The molecule has 0 radical (unpaired) electrons. The Morgan fingerprint density at radius 1 is 1.00 bits per heavy atom. The largest absolute Gasteiger partial charge is 0.386 e. The highest BCUT2D eigenvalue weighted by Crippen LogP contribution is 2.41. The van der Waals surface area contributed by atoms with Gasteiger partial charge in [0.05, 0.1) is 16.7 Å². The van der Waals surface area contributed by atoms with Crippen molar-refractivity contribution < 1.29 is 13.5 Å². The van der Waals surface area contributed by atoms with Gasteiger partial charge in [-0.25, -0.2) is 12.4 Å². The lowest BCUT2D eigenvalue weighted by atomic mass is 9.87. The van der Waals surface area contributed by atoms with Crippen molar-refractivity contribution in [1.82, 2.24) is 3.97 Å². The van der Waals surface area contributed by atoms with E-state index in [1.807, 2.05) is 36.4 Å². The average molecular weight is 377 g/mol. The van der Waals surface area contributed by atoms with Gasteiger partial charge < -0.3 is 5.11 Å². The molecule has 4 nitrogen and oxygen atoms in total. The molecule has 4 rings (SSSR count). The second-order valence-electron chi connectivity index (χ2n) is 6.44. The van der Waals surface area contributed by atoms with Crippen LogP contribution in [0.2, 0.25) is 0 Å². The van der Waals surface area contributed by atoms with E-state index in [-0.39, 0.29) is 4.90 Å². The van der Waals surface area contributed by atoms with Crippen LogP contribution in [0.1, 0.15) is 29.3 Å². The molecule has 1 atom stereocenters. The maximum Gasteiger partial charge on any atom is 0.267 e. The summed E-state index contributed by atoms with van der Waals surface area (Å²) in [6.07, 6.45) is 2.87. The van der Waals surface area contributed by atoms with Crippen molar-refractivity contribution >= 4 is 21.2 Å². The first-order chi connectivity index (χ1) is 13.0. The van der Waals surface area contributed by atoms with Gasteiger partial charge in [0.1, 0.15) is 0 Å². The van der Waals surface area contributed by atoms with E-state index < -0.39 is 16.1 Å². The van der Waals surface area contributed by atoms with E-state index in [4.69, 9.17) is 0 Å². The quantitative estimate of drug-likeness (QED) is 0.739. The molecule has 0 amide bonds. The van der Waals surface area contributed by atoms with Gasteiger partial charge in [-0.3, -0.25) is 0 Å². The normalized spacial score (nSPS) is 16.5. The van der Waals surface area contributed by atoms with E-state index in [0.717, 1.165) is 16.7 Å². The highest BCUT2D eigenvalue weighted by atomic mass is 32.2. The summed E-state index contributed by atoms with van der Waals surface area (Å²) < 4.78 is 27.3. The Kier molecular flexibility index (Phi) is 4.34. The molecule has 27 heavy (non-hydrogen) atoms. The maximum atomic E-state index is 13.1. The summed E-state index contributed by atoms with van der Waals surface area (Å²) in [6.45, 7) is 4.19. The van der Waals surface area contributed by atoms with Crippen LogP contribution in [0, 0.1) is 0 Å². The van der Waals surface area contributed by atoms with Crippen LogP contribution >= 0.6 is 0 Å². The monoisotopic (exact) mass is 377 g/mol. The van der Waals surface area contributed by atoms with Crippen molar-refractivity contribution in [2.45, 2.75) is 17.4 Å². The standard InChI is InChI=1S/C22H19NO3S/c1-16(17-8-4-2-5-9-17)19-12-13-21(24)22-20(19)14-15-23(22)27(25,26)18-10-6-3-7-11-18/h2-12,14-15,21,24H,1,13H2. The molecule has 0 saturated carbocycles. The molecule has 1 heterocycles. The van der Waals surface area contributed by atoms with Crippen molar-refractivity contribution in [1.29, 1.82) is 0 Å². The zero-order valence-electron chi connectivity index (χ0n) is 14.6. The lowest BCUT2D eigenvalue weighted by molar-refractivity contribution is 0.174. The summed E-state index contributed by atoms with van der Waals surface area (Å²) in [5, 5.41) is 10.6. The Balaban J connectivity index is 1.82. The number of nitrogens with zero attached hydrogens (tertiary/aromatic N) is 1. The van der Waals surface area contributed by atoms with Gasteiger partial charge in [-0.15, -0.1) is 0 Å². The third kappa shape index (κ3) is 2.95. The van der Waals surface area contributed by atoms with Gasteiger partial charge in [-0.1, -0.05) is 61.2 Å². The van der Waals surface area contributed by atoms with Crippen molar-refractivity contribution in [2.75, 3.05) is 0 Å². The lowest BCUT2D eigenvalue weighted by Gasteiger charge is -2.23. The number of allylic oxidation sites excluding steroid dienone is 2. The zero-order chi connectivity index (χ0) is 19.0. The molecule has 5 heteroatoms. The number of aliphatic hydroxyl groups is 1. The summed E-state index contributed by atoms with van der Waals surface area (Å²) in [6, 6.07) is 19.7. The van der Waals surface area contributed by atoms with Gasteiger partial charge in [-0.05, 0) is 41.3 Å². The van der Waals surface area contributed by atoms with Crippen LogP contribution in [0.4, 0.5) is 0 Å². The van der Waals surface area contributed by atoms with Crippen molar-refractivity contribution in [3.8, 4) is 0 Å². The SMILES string of the molecule is C=C(C1=CCC(O)c2c1ccn2S(=O)(=O)c1ccccc1)c1ccccc1. The Bertz CT molecular complexity index is 1130.